The summed E-state index contributed by atoms with van der Waals surface area (Å²) < 4.78 is 5.39. The van der Waals surface area contributed by atoms with Gasteiger partial charge in [-0.15, -0.1) is 5.92 Å². The first kappa shape index (κ1) is 9.61. The molecule has 1 nitrogen and oxygen atoms in total. The molecule has 1 heteroatoms. The minimum absolute atomic E-state index is 0.256. The average Bonchev–Trinajstić information content (AvgIpc) is 2.57. The molecule has 0 spiro atoms. The molecule has 0 aromatic rings. The van der Waals surface area contributed by atoms with Crippen molar-refractivity contribution in [1.82, 2.24) is 0 Å². The van der Waals surface area contributed by atoms with Gasteiger partial charge in [-0.1, -0.05) is 25.7 Å². The van der Waals surface area contributed by atoms with Crippen LogP contribution in [0.4, 0.5) is 0 Å². The standard InChI is InChI=1S/C11H18O/c1-2-3-4-5-6-8-11-9-7-10-12-11/h11H,2-5,7,9-10H2,1H3. The number of rotatable bonds is 3. The van der Waals surface area contributed by atoms with Crippen molar-refractivity contribution in [2.75, 3.05) is 6.61 Å². The molecule has 1 aliphatic rings. The Kier molecular flexibility index (Phi) is 4.87. The molecule has 0 radical (unpaired) electrons. The zero-order chi connectivity index (χ0) is 8.65. The summed E-state index contributed by atoms with van der Waals surface area (Å²) in [7, 11) is 0. The van der Waals surface area contributed by atoms with Gasteiger partial charge in [0, 0.05) is 13.0 Å². The van der Waals surface area contributed by atoms with Gasteiger partial charge in [-0.2, -0.15) is 0 Å². The van der Waals surface area contributed by atoms with Crippen molar-refractivity contribution in [3.63, 3.8) is 0 Å². The van der Waals surface area contributed by atoms with Crippen LogP contribution < -0.4 is 0 Å². The predicted octanol–water partition coefficient (Wildman–Crippen LogP) is 2.75. The molecule has 1 aliphatic heterocycles. The van der Waals surface area contributed by atoms with Crippen LogP contribution in [0.5, 0.6) is 0 Å². The van der Waals surface area contributed by atoms with E-state index >= 15 is 0 Å². The van der Waals surface area contributed by atoms with Crippen molar-refractivity contribution in [3.8, 4) is 11.8 Å². The summed E-state index contributed by atoms with van der Waals surface area (Å²) in [6.45, 7) is 3.13. The summed E-state index contributed by atoms with van der Waals surface area (Å²) in [5.41, 5.74) is 0. The fraction of sp³-hybridized carbons (Fsp3) is 0.818. The van der Waals surface area contributed by atoms with E-state index in [4.69, 9.17) is 4.74 Å². The van der Waals surface area contributed by atoms with Crippen molar-refractivity contribution in [2.24, 2.45) is 0 Å². The maximum atomic E-state index is 5.39. The molecule has 68 valence electrons. The maximum Gasteiger partial charge on any atom is 0.118 e. The Balaban J connectivity index is 2.02. The lowest BCUT2D eigenvalue weighted by atomic mass is 10.2. The summed E-state index contributed by atoms with van der Waals surface area (Å²) in [6.07, 6.45) is 7.47. The zero-order valence-electron chi connectivity index (χ0n) is 7.94. The molecule has 1 rings (SSSR count). The van der Waals surface area contributed by atoms with Gasteiger partial charge in [0.1, 0.15) is 6.10 Å². The second-order valence-electron chi connectivity index (χ2n) is 3.28. The Morgan fingerprint density at radius 1 is 1.42 bits per heavy atom. The Labute approximate surface area is 75.5 Å². The molecule has 0 saturated carbocycles. The van der Waals surface area contributed by atoms with E-state index in [1.165, 1.54) is 25.7 Å². The minimum atomic E-state index is 0.256. The highest BCUT2D eigenvalue weighted by molar-refractivity contribution is 5.06. The van der Waals surface area contributed by atoms with Gasteiger partial charge < -0.3 is 4.74 Å². The van der Waals surface area contributed by atoms with Crippen molar-refractivity contribution < 1.29 is 4.74 Å². The van der Waals surface area contributed by atoms with E-state index in [9.17, 15) is 0 Å². The zero-order valence-corrected chi connectivity index (χ0v) is 7.94. The minimum Gasteiger partial charge on any atom is -0.366 e. The van der Waals surface area contributed by atoms with Gasteiger partial charge in [0.25, 0.3) is 0 Å². The highest BCUT2D eigenvalue weighted by Crippen LogP contribution is 2.10. The first-order chi connectivity index (χ1) is 5.93. The summed E-state index contributed by atoms with van der Waals surface area (Å²) in [5.74, 6) is 6.36. The molecule has 1 saturated heterocycles. The lowest BCUT2D eigenvalue weighted by Gasteiger charge is -1.96. The van der Waals surface area contributed by atoms with Gasteiger partial charge in [-0.05, 0) is 19.3 Å². The van der Waals surface area contributed by atoms with Crippen molar-refractivity contribution in [2.45, 2.75) is 51.6 Å². The van der Waals surface area contributed by atoms with E-state index in [1.54, 1.807) is 0 Å². The van der Waals surface area contributed by atoms with E-state index in [0.717, 1.165) is 19.4 Å². The fourth-order valence-electron chi connectivity index (χ4n) is 1.34. The van der Waals surface area contributed by atoms with Crippen LogP contribution in [0.25, 0.3) is 0 Å². The Morgan fingerprint density at radius 2 is 2.33 bits per heavy atom. The van der Waals surface area contributed by atoms with E-state index in [0.29, 0.717) is 0 Å². The third-order valence-corrected chi connectivity index (χ3v) is 2.10. The molecule has 0 aliphatic carbocycles. The van der Waals surface area contributed by atoms with Crippen LogP contribution in [0.3, 0.4) is 0 Å². The van der Waals surface area contributed by atoms with Crippen molar-refractivity contribution in [1.29, 1.82) is 0 Å². The molecule has 12 heavy (non-hydrogen) atoms. The van der Waals surface area contributed by atoms with Crippen LogP contribution in [-0.2, 0) is 4.74 Å². The number of unbranched alkanes of at least 4 members (excludes halogenated alkanes) is 3. The molecule has 1 atom stereocenters. The second-order valence-corrected chi connectivity index (χ2v) is 3.28. The molecule has 0 N–H and O–H groups in total. The highest BCUT2D eigenvalue weighted by atomic mass is 16.5. The largest absolute Gasteiger partial charge is 0.366 e. The van der Waals surface area contributed by atoms with Gasteiger partial charge in [0.05, 0.1) is 0 Å². The van der Waals surface area contributed by atoms with E-state index in [2.05, 4.69) is 18.8 Å². The van der Waals surface area contributed by atoms with Gasteiger partial charge >= 0.3 is 0 Å². The van der Waals surface area contributed by atoms with Crippen LogP contribution in [0.2, 0.25) is 0 Å². The topological polar surface area (TPSA) is 9.23 Å². The fourth-order valence-corrected chi connectivity index (χ4v) is 1.34. The second kappa shape index (κ2) is 6.08. The monoisotopic (exact) mass is 166 g/mol. The lowest BCUT2D eigenvalue weighted by Crippen LogP contribution is -1.99. The Hall–Kier alpha value is -0.480. The summed E-state index contributed by atoms with van der Waals surface area (Å²) >= 11 is 0. The molecule has 1 unspecified atom stereocenters. The van der Waals surface area contributed by atoms with Crippen molar-refractivity contribution >= 4 is 0 Å². The van der Waals surface area contributed by atoms with Crippen LogP contribution in [0.15, 0.2) is 0 Å². The normalized spacial score (nSPS) is 21.9. The van der Waals surface area contributed by atoms with E-state index in [1.807, 2.05) is 0 Å². The third kappa shape index (κ3) is 3.78. The first-order valence-electron chi connectivity index (χ1n) is 5.03. The van der Waals surface area contributed by atoms with Crippen LogP contribution in [-0.4, -0.2) is 12.7 Å². The molecule has 1 heterocycles. The van der Waals surface area contributed by atoms with Gasteiger partial charge in [-0.25, -0.2) is 0 Å². The molecule has 0 aromatic carbocycles. The van der Waals surface area contributed by atoms with Crippen LogP contribution in [0, 0.1) is 11.8 Å². The summed E-state index contributed by atoms with van der Waals surface area (Å²) in [6, 6.07) is 0. The highest BCUT2D eigenvalue weighted by Gasteiger charge is 2.11. The van der Waals surface area contributed by atoms with Crippen LogP contribution in [0.1, 0.15) is 45.4 Å². The Bertz CT molecular complexity index is 158. The number of hydrogen-bond donors (Lipinski definition) is 0. The number of hydrogen-bond acceptors (Lipinski definition) is 1. The smallest absolute Gasteiger partial charge is 0.118 e. The first-order valence-corrected chi connectivity index (χ1v) is 5.03. The van der Waals surface area contributed by atoms with Crippen LogP contribution >= 0.6 is 0 Å². The average molecular weight is 166 g/mol. The molecular weight excluding hydrogens is 148 g/mol. The quantitative estimate of drug-likeness (QED) is 0.462. The lowest BCUT2D eigenvalue weighted by molar-refractivity contribution is 0.152. The number of ether oxygens (including phenoxy) is 1. The molecule has 0 bridgehead atoms. The van der Waals surface area contributed by atoms with Gasteiger partial charge in [0.2, 0.25) is 0 Å². The SMILES string of the molecule is CCCCCC#CC1CCCO1. The molecule has 0 amide bonds. The maximum absolute atomic E-state index is 5.39. The molecular formula is C11H18O. The summed E-state index contributed by atoms with van der Waals surface area (Å²) in [5, 5.41) is 0. The third-order valence-electron chi connectivity index (χ3n) is 2.10. The molecule has 0 aromatic heterocycles. The molecule has 1 fully saturated rings. The van der Waals surface area contributed by atoms with Gasteiger partial charge in [0.15, 0.2) is 0 Å². The van der Waals surface area contributed by atoms with E-state index < -0.39 is 0 Å². The van der Waals surface area contributed by atoms with Gasteiger partial charge in [-0.3, -0.25) is 0 Å². The summed E-state index contributed by atoms with van der Waals surface area (Å²) in [4.78, 5) is 0. The Morgan fingerprint density at radius 3 is 3.00 bits per heavy atom. The van der Waals surface area contributed by atoms with E-state index in [-0.39, 0.29) is 6.10 Å². The van der Waals surface area contributed by atoms with Crippen molar-refractivity contribution in [3.05, 3.63) is 0 Å². The predicted molar refractivity (Wildman–Crippen MR) is 50.9 cm³/mol.